The molecule has 4 rings (SSSR count). The maximum absolute atomic E-state index is 9.47. The SMILES string of the molecule is OCc1cc2c(cc1OCC1Cc3ccccc31)OCO2. The van der Waals surface area contributed by atoms with Crippen molar-refractivity contribution >= 4 is 0 Å². The Morgan fingerprint density at radius 3 is 2.76 bits per heavy atom. The summed E-state index contributed by atoms with van der Waals surface area (Å²) in [5.74, 6) is 2.45. The van der Waals surface area contributed by atoms with Crippen LogP contribution in [0.4, 0.5) is 0 Å². The van der Waals surface area contributed by atoms with Crippen LogP contribution in [0, 0.1) is 0 Å². The van der Waals surface area contributed by atoms with Crippen LogP contribution in [-0.4, -0.2) is 18.5 Å². The molecule has 0 saturated heterocycles. The summed E-state index contributed by atoms with van der Waals surface area (Å²) in [5, 5.41) is 9.47. The van der Waals surface area contributed by atoms with Gasteiger partial charge in [-0.2, -0.15) is 0 Å². The minimum Gasteiger partial charge on any atom is -0.492 e. The highest BCUT2D eigenvalue weighted by Crippen LogP contribution is 2.40. The molecule has 0 fully saturated rings. The van der Waals surface area contributed by atoms with Crippen molar-refractivity contribution in [3.8, 4) is 17.2 Å². The average Bonchev–Trinajstić information content (AvgIpc) is 2.94. The van der Waals surface area contributed by atoms with Gasteiger partial charge in [0, 0.05) is 17.5 Å². The zero-order chi connectivity index (χ0) is 14.2. The molecular weight excluding hydrogens is 268 g/mol. The summed E-state index contributed by atoms with van der Waals surface area (Å²) in [4.78, 5) is 0. The van der Waals surface area contributed by atoms with E-state index < -0.39 is 0 Å². The molecule has 0 aromatic heterocycles. The second-order valence-electron chi connectivity index (χ2n) is 5.38. The molecule has 4 nitrogen and oxygen atoms in total. The van der Waals surface area contributed by atoms with Gasteiger partial charge in [0.25, 0.3) is 0 Å². The third-order valence-corrected chi connectivity index (χ3v) is 4.13. The van der Waals surface area contributed by atoms with Crippen molar-refractivity contribution in [2.45, 2.75) is 18.9 Å². The Labute approximate surface area is 122 Å². The van der Waals surface area contributed by atoms with Gasteiger partial charge in [0.15, 0.2) is 11.5 Å². The third-order valence-electron chi connectivity index (χ3n) is 4.13. The van der Waals surface area contributed by atoms with Crippen molar-refractivity contribution in [3.05, 3.63) is 53.1 Å². The molecule has 1 N–H and O–H groups in total. The lowest BCUT2D eigenvalue weighted by molar-refractivity contribution is 0.173. The average molecular weight is 284 g/mol. The smallest absolute Gasteiger partial charge is 0.231 e. The van der Waals surface area contributed by atoms with E-state index in [9.17, 15) is 5.11 Å². The standard InChI is InChI=1S/C17H16O4/c18-8-12-6-16-17(21-10-20-16)7-15(12)19-9-13-5-11-3-1-2-4-14(11)13/h1-4,6-7,13,18H,5,8-10H2. The number of aliphatic hydroxyl groups excluding tert-OH is 1. The molecule has 21 heavy (non-hydrogen) atoms. The zero-order valence-corrected chi connectivity index (χ0v) is 11.5. The summed E-state index contributed by atoms with van der Waals surface area (Å²) in [6.07, 6.45) is 1.05. The first kappa shape index (κ1) is 12.5. The van der Waals surface area contributed by atoms with Gasteiger partial charge in [-0.25, -0.2) is 0 Å². The van der Waals surface area contributed by atoms with E-state index in [2.05, 4.69) is 24.3 Å². The zero-order valence-electron chi connectivity index (χ0n) is 11.5. The maximum atomic E-state index is 9.47. The van der Waals surface area contributed by atoms with Crippen LogP contribution in [0.5, 0.6) is 17.2 Å². The van der Waals surface area contributed by atoms with E-state index in [-0.39, 0.29) is 13.4 Å². The van der Waals surface area contributed by atoms with E-state index in [1.54, 1.807) is 12.1 Å². The number of fused-ring (bicyclic) bond motifs is 2. The first-order chi connectivity index (χ1) is 10.3. The highest BCUT2D eigenvalue weighted by atomic mass is 16.7. The Bertz CT molecular complexity index is 680. The van der Waals surface area contributed by atoms with Gasteiger partial charge in [-0.15, -0.1) is 0 Å². The van der Waals surface area contributed by atoms with E-state index in [4.69, 9.17) is 14.2 Å². The van der Waals surface area contributed by atoms with Crippen molar-refractivity contribution in [2.75, 3.05) is 13.4 Å². The Morgan fingerprint density at radius 2 is 1.95 bits per heavy atom. The molecule has 0 spiro atoms. The van der Waals surface area contributed by atoms with E-state index in [0.717, 1.165) is 12.0 Å². The maximum Gasteiger partial charge on any atom is 0.231 e. The molecule has 1 aliphatic carbocycles. The van der Waals surface area contributed by atoms with Crippen LogP contribution in [0.1, 0.15) is 22.6 Å². The molecule has 4 heteroatoms. The lowest BCUT2D eigenvalue weighted by Crippen LogP contribution is -2.23. The fraction of sp³-hybridized carbons (Fsp3) is 0.294. The summed E-state index contributed by atoms with van der Waals surface area (Å²) in [5.41, 5.74) is 3.50. The minimum atomic E-state index is -0.0762. The molecule has 1 atom stereocenters. The van der Waals surface area contributed by atoms with Crippen LogP contribution in [0.25, 0.3) is 0 Å². The van der Waals surface area contributed by atoms with Gasteiger partial charge >= 0.3 is 0 Å². The molecule has 0 amide bonds. The van der Waals surface area contributed by atoms with Crippen LogP contribution in [0.2, 0.25) is 0 Å². The van der Waals surface area contributed by atoms with E-state index >= 15 is 0 Å². The van der Waals surface area contributed by atoms with Crippen molar-refractivity contribution in [3.63, 3.8) is 0 Å². The van der Waals surface area contributed by atoms with Crippen LogP contribution in [-0.2, 0) is 13.0 Å². The van der Waals surface area contributed by atoms with Crippen LogP contribution < -0.4 is 14.2 Å². The fourth-order valence-corrected chi connectivity index (χ4v) is 2.93. The largest absolute Gasteiger partial charge is 0.492 e. The predicted molar refractivity (Wildman–Crippen MR) is 76.9 cm³/mol. The normalized spacial score (nSPS) is 18.0. The molecule has 108 valence electrons. The molecule has 0 saturated carbocycles. The lowest BCUT2D eigenvalue weighted by atomic mass is 9.78. The van der Waals surface area contributed by atoms with E-state index in [1.165, 1.54) is 11.1 Å². The predicted octanol–water partition coefficient (Wildman–Crippen LogP) is 2.63. The molecular formula is C17H16O4. The summed E-state index contributed by atoms with van der Waals surface area (Å²) < 4.78 is 16.6. The van der Waals surface area contributed by atoms with Crippen molar-refractivity contribution < 1.29 is 19.3 Å². The monoisotopic (exact) mass is 284 g/mol. The minimum absolute atomic E-state index is 0.0762. The highest BCUT2D eigenvalue weighted by Gasteiger charge is 2.26. The molecule has 1 heterocycles. The Morgan fingerprint density at radius 1 is 1.14 bits per heavy atom. The van der Waals surface area contributed by atoms with Gasteiger partial charge in [0.05, 0.1) is 13.2 Å². The van der Waals surface area contributed by atoms with Crippen LogP contribution >= 0.6 is 0 Å². The quantitative estimate of drug-likeness (QED) is 0.937. The van der Waals surface area contributed by atoms with Crippen molar-refractivity contribution in [2.24, 2.45) is 0 Å². The topological polar surface area (TPSA) is 47.9 Å². The summed E-state index contributed by atoms with van der Waals surface area (Å²) in [6, 6.07) is 12.0. The van der Waals surface area contributed by atoms with E-state index in [1.807, 2.05) is 0 Å². The second-order valence-corrected chi connectivity index (χ2v) is 5.38. The van der Waals surface area contributed by atoms with Gasteiger partial charge in [-0.1, -0.05) is 24.3 Å². The second kappa shape index (κ2) is 4.97. The van der Waals surface area contributed by atoms with Crippen LogP contribution in [0.3, 0.4) is 0 Å². The number of hydrogen-bond donors (Lipinski definition) is 1. The number of hydrogen-bond acceptors (Lipinski definition) is 4. The summed E-state index contributed by atoms with van der Waals surface area (Å²) >= 11 is 0. The van der Waals surface area contributed by atoms with Gasteiger partial charge in [0.1, 0.15) is 5.75 Å². The van der Waals surface area contributed by atoms with Gasteiger partial charge in [-0.05, 0) is 23.6 Å². The Kier molecular flexibility index (Phi) is 2.97. The molecule has 2 aliphatic rings. The molecule has 1 unspecified atom stereocenters. The van der Waals surface area contributed by atoms with Crippen molar-refractivity contribution in [1.29, 1.82) is 0 Å². The fourth-order valence-electron chi connectivity index (χ4n) is 2.93. The lowest BCUT2D eigenvalue weighted by Gasteiger charge is -2.30. The number of rotatable bonds is 4. The Balaban J connectivity index is 1.51. The number of benzene rings is 2. The third kappa shape index (κ3) is 2.12. The number of ether oxygens (including phenoxy) is 3. The number of aliphatic hydroxyl groups is 1. The molecule has 2 aromatic carbocycles. The van der Waals surface area contributed by atoms with Gasteiger partial charge in [-0.3, -0.25) is 0 Å². The molecule has 1 aliphatic heterocycles. The Hall–Kier alpha value is -2.20. The van der Waals surface area contributed by atoms with Gasteiger partial charge < -0.3 is 19.3 Å². The molecule has 0 bridgehead atoms. The van der Waals surface area contributed by atoms with Crippen LogP contribution in [0.15, 0.2) is 36.4 Å². The molecule has 2 aromatic rings. The summed E-state index contributed by atoms with van der Waals surface area (Å²) in [7, 11) is 0. The molecule has 0 radical (unpaired) electrons. The highest BCUT2D eigenvalue weighted by molar-refractivity contribution is 5.51. The van der Waals surface area contributed by atoms with Gasteiger partial charge in [0.2, 0.25) is 6.79 Å². The van der Waals surface area contributed by atoms with Crippen molar-refractivity contribution in [1.82, 2.24) is 0 Å². The first-order valence-corrected chi connectivity index (χ1v) is 7.09. The van der Waals surface area contributed by atoms with E-state index in [0.29, 0.717) is 29.8 Å². The first-order valence-electron chi connectivity index (χ1n) is 7.09. The summed E-state index contributed by atoms with van der Waals surface area (Å²) in [6.45, 7) is 0.760.